The van der Waals surface area contributed by atoms with Crippen LogP contribution in [0.15, 0.2) is 59.5 Å². The molecule has 1 aromatic heterocycles. The third-order valence-corrected chi connectivity index (χ3v) is 6.60. The van der Waals surface area contributed by atoms with Gasteiger partial charge in [-0.2, -0.15) is 0 Å². The number of hydrogen-bond acceptors (Lipinski definition) is 3. The molecule has 152 valence electrons. The van der Waals surface area contributed by atoms with E-state index in [0.717, 1.165) is 38.0 Å². The van der Waals surface area contributed by atoms with Gasteiger partial charge in [0.25, 0.3) is 11.1 Å². The lowest BCUT2D eigenvalue weighted by Crippen LogP contribution is -2.27. The van der Waals surface area contributed by atoms with Crippen LogP contribution in [0.4, 0.5) is 9.18 Å². The lowest BCUT2D eigenvalue weighted by molar-refractivity contribution is -0.123. The SMILES string of the molecule is Cc1cc(/C=C2\SC(=O)N(Cc3ccc(F)cc3)C2=O)c(C)n1-c1ccc(I)cc1. The molecule has 3 aromatic rings. The number of nitrogens with zero attached hydrogens (tertiary/aromatic N) is 2. The summed E-state index contributed by atoms with van der Waals surface area (Å²) in [5, 5.41) is -0.318. The number of thioether (sulfide) groups is 1. The fourth-order valence-electron chi connectivity index (χ4n) is 3.47. The summed E-state index contributed by atoms with van der Waals surface area (Å²) < 4.78 is 16.4. The number of hydrogen-bond donors (Lipinski definition) is 0. The van der Waals surface area contributed by atoms with Crippen LogP contribution in [0.3, 0.4) is 0 Å². The first kappa shape index (κ1) is 20.9. The van der Waals surface area contributed by atoms with E-state index < -0.39 is 0 Å². The van der Waals surface area contributed by atoms with E-state index in [1.165, 1.54) is 17.0 Å². The first-order chi connectivity index (χ1) is 14.3. The molecule has 2 aromatic carbocycles. The van der Waals surface area contributed by atoms with Crippen LogP contribution in [0.25, 0.3) is 11.8 Å². The quantitative estimate of drug-likeness (QED) is 0.303. The molecule has 7 heteroatoms. The number of benzene rings is 2. The van der Waals surface area contributed by atoms with Gasteiger partial charge in [0.05, 0.1) is 11.4 Å². The summed E-state index contributed by atoms with van der Waals surface area (Å²) in [7, 11) is 0. The Labute approximate surface area is 191 Å². The van der Waals surface area contributed by atoms with Gasteiger partial charge in [-0.1, -0.05) is 12.1 Å². The Hall–Kier alpha value is -2.39. The minimum atomic E-state index is -0.351. The minimum absolute atomic E-state index is 0.129. The fraction of sp³-hybridized carbons (Fsp3) is 0.130. The van der Waals surface area contributed by atoms with Crippen LogP contribution in [-0.2, 0) is 11.3 Å². The molecule has 0 saturated carbocycles. The van der Waals surface area contributed by atoms with E-state index in [9.17, 15) is 14.0 Å². The van der Waals surface area contributed by atoms with Crippen LogP contribution < -0.4 is 0 Å². The maximum Gasteiger partial charge on any atom is 0.293 e. The van der Waals surface area contributed by atoms with Gasteiger partial charge in [0.15, 0.2) is 0 Å². The topological polar surface area (TPSA) is 42.3 Å². The zero-order valence-corrected chi connectivity index (χ0v) is 19.3. The van der Waals surface area contributed by atoms with Crippen LogP contribution in [0.2, 0.25) is 0 Å². The van der Waals surface area contributed by atoms with Crippen molar-refractivity contribution in [3.8, 4) is 5.69 Å². The molecule has 0 bridgehead atoms. The van der Waals surface area contributed by atoms with Gasteiger partial charge in [0.2, 0.25) is 0 Å². The zero-order valence-electron chi connectivity index (χ0n) is 16.4. The zero-order chi connectivity index (χ0) is 21.4. The average Bonchev–Trinajstić information content (AvgIpc) is 3.14. The summed E-state index contributed by atoms with van der Waals surface area (Å²) in [4.78, 5) is 26.8. The number of aromatic nitrogens is 1. The van der Waals surface area contributed by atoms with Gasteiger partial charge >= 0.3 is 0 Å². The summed E-state index contributed by atoms with van der Waals surface area (Å²) in [6.45, 7) is 4.14. The maximum atomic E-state index is 13.1. The highest BCUT2D eigenvalue weighted by atomic mass is 127. The second-order valence-corrected chi connectivity index (χ2v) is 9.27. The lowest BCUT2D eigenvalue weighted by atomic mass is 10.2. The van der Waals surface area contributed by atoms with Gasteiger partial charge in [-0.15, -0.1) is 0 Å². The van der Waals surface area contributed by atoms with Crippen molar-refractivity contribution in [3.05, 3.63) is 91.4 Å². The Balaban J connectivity index is 1.61. The van der Waals surface area contributed by atoms with Crippen molar-refractivity contribution >= 4 is 51.6 Å². The second-order valence-electron chi connectivity index (χ2n) is 7.03. The van der Waals surface area contributed by atoms with E-state index in [2.05, 4.69) is 51.4 Å². The number of amides is 2. The molecule has 4 nitrogen and oxygen atoms in total. The maximum absolute atomic E-state index is 13.1. The predicted octanol–water partition coefficient (Wildman–Crippen LogP) is 6.07. The van der Waals surface area contributed by atoms with E-state index in [0.29, 0.717) is 10.5 Å². The van der Waals surface area contributed by atoms with Crippen LogP contribution in [0.1, 0.15) is 22.5 Å². The Morgan fingerprint density at radius 2 is 1.70 bits per heavy atom. The Morgan fingerprint density at radius 1 is 1.03 bits per heavy atom. The van der Waals surface area contributed by atoms with E-state index in [1.807, 2.05) is 19.9 Å². The van der Waals surface area contributed by atoms with E-state index >= 15 is 0 Å². The van der Waals surface area contributed by atoms with E-state index in [4.69, 9.17) is 0 Å². The monoisotopic (exact) mass is 532 g/mol. The molecule has 1 aliphatic heterocycles. The van der Waals surface area contributed by atoms with Crippen LogP contribution in [-0.4, -0.2) is 20.6 Å². The molecule has 0 N–H and O–H groups in total. The normalized spacial score (nSPS) is 15.5. The fourth-order valence-corrected chi connectivity index (χ4v) is 4.66. The van der Waals surface area contributed by atoms with Crippen molar-refractivity contribution in [2.75, 3.05) is 0 Å². The molecule has 0 radical (unpaired) electrons. The molecule has 2 amide bonds. The Kier molecular flexibility index (Phi) is 5.84. The summed E-state index contributed by atoms with van der Waals surface area (Å²) in [5.74, 6) is -0.676. The molecule has 1 aliphatic rings. The molecular weight excluding hydrogens is 514 g/mol. The summed E-state index contributed by atoms with van der Waals surface area (Å²) in [6.07, 6.45) is 1.78. The first-order valence-corrected chi connectivity index (χ1v) is 11.2. The van der Waals surface area contributed by atoms with Gasteiger partial charge in [0.1, 0.15) is 5.82 Å². The van der Waals surface area contributed by atoms with Crippen molar-refractivity contribution in [2.45, 2.75) is 20.4 Å². The number of aryl methyl sites for hydroxylation is 1. The van der Waals surface area contributed by atoms with Crippen molar-refractivity contribution in [2.24, 2.45) is 0 Å². The smallest absolute Gasteiger partial charge is 0.293 e. The summed E-state index contributed by atoms with van der Waals surface area (Å²) in [5.41, 5.74) is 4.70. The third kappa shape index (κ3) is 4.09. The van der Waals surface area contributed by atoms with Crippen molar-refractivity contribution < 1.29 is 14.0 Å². The summed E-state index contributed by atoms with van der Waals surface area (Å²) in [6, 6.07) is 16.0. The van der Waals surface area contributed by atoms with Crippen molar-refractivity contribution in [1.82, 2.24) is 9.47 Å². The Morgan fingerprint density at radius 3 is 2.37 bits per heavy atom. The average molecular weight is 532 g/mol. The first-order valence-electron chi connectivity index (χ1n) is 9.28. The van der Waals surface area contributed by atoms with Gasteiger partial charge in [-0.3, -0.25) is 14.5 Å². The van der Waals surface area contributed by atoms with Crippen molar-refractivity contribution in [3.63, 3.8) is 0 Å². The number of rotatable bonds is 4. The summed E-state index contributed by atoms with van der Waals surface area (Å²) >= 11 is 3.21. The van der Waals surface area contributed by atoms with Crippen LogP contribution in [0, 0.1) is 23.2 Å². The van der Waals surface area contributed by atoms with E-state index in [-0.39, 0.29) is 23.5 Å². The van der Waals surface area contributed by atoms with Crippen LogP contribution in [0.5, 0.6) is 0 Å². The minimum Gasteiger partial charge on any atom is -0.318 e. The molecule has 1 fully saturated rings. The standard InChI is InChI=1S/C23H18FIN2O2S/c1-14-11-17(15(2)27(14)20-9-7-19(25)8-10-20)12-21-22(28)26(23(29)30-21)13-16-3-5-18(24)6-4-16/h3-12H,13H2,1-2H3/b21-12-. The Bertz CT molecular complexity index is 1170. The molecule has 4 rings (SSSR count). The van der Waals surface area contributed by atoms with Crippen molar-refractivity contribution in [1.29, 1.82) is 0 Å². The van der Waals surface area contributed by atoms with Gasteiger partial charge in [-0.05, 0) is 108 Å². The molecule has 0 aliphatic carbocycles. The third-order valence-electron chi connectivity index (χ3n) is 4.97. The highest BCUT2D eigenvalue weighted by molar-refractivity contribution is 14.1. The number of carbonyl (C=O) groups is 2. The van der Waals surface area contributed by atoms with E-state index in [1.54, 1.807) is 18.2 Å². The van der Waals surface area contributed by atoms with Gasteiger partial charge in [-0.25, -0.2) is 4.39 Å². The highest BCUT2D eigenvalue weighted by Gasteiger charge is 2.35. The molecule has 0 atom stereocenters. The molecule has 1 saturated heterocycles. The molecular formula is C23H18FIN2O2S. The molecule has 2 heterocycles. The number of imide groups is 1. The van der Waals surface area contributed by atoms with Crippen LogP contribution >= 0.6 is 34.4 Å². The largest absolute Gasteiger partial charge is 0.318 e. The second kappa shape index (κ2) is 8.39. The highest BCUT2D eigenvalue weighted by Crippen LogP contribution is 2.34. The van der Waals surface area contributed by atoms with Gasteiger partial charge < -0.3 is 4.57 Å². The van der Waals surface area contributed by atoms with Gasteiger partial charge in [0, 0.05) is 20.6 Å². The molecule has 0 spiro atoms. The predicted molar refractivity (Wildman–Crippen MR) is 126 cm³/mol. The number of carbonyl (C=O) groups excluding carboxylic acids is 2. The molecule has 30 heavy (non-hydrogen) atoms. The number of halogens is 2. The molecule has 0 unspecified atom stereocenters. The lowest BCUT2D eigenvalue weighted by Gasteiger charge is -2.12.